The van der Waals surface area contributed by atoms with Gasteiger partial charge in [-0.3, -0.25) is 0 Å². The highest BCUT2D eigenvalue weighted by Gasteiger charge is 2.24. The fourth-order valence-corrected chi connectivity index (χ4v) is 5.75. The second kappa shape index (κ2) is 17.6. The quantitative estimate of drug-likeness (QED) is 0.0866. The van der Waals surface area contributed by atoms with Crippen molar-refractivity contribution in [3.8, 4) is 68.5 Å². The number of benzene rings is 4. The van der Waals surface area contributed by atoms with Crippen molar-refractivity contribution in [2.24, 2.45) is 0 Å². The molecule has 0 amide bonds. The number of para-hydroxylation sites is 2. The maximum atomic E-state index is 13.4. The van der Waals surface area contributed by atoms with Crippen LogP contribution in [0.15, 0.2) is 165 Å². The van der Waals surface area contributed by atoms with Crippen molar-refractivity contribution < 1.29 is 32.1 Å². The van der Waals surface area contributed by atoms with Gasteiger partial charge in [-0.2, -0.15) is 19.4 Å². The lowest BCUT2D eigenvalue weighted by Gasteiger charge is -2.08. The number of ether oxygens (including phenoxy) is 2. The van der Waals surface area contributed by atoms with Crippen LogP contribution in [0, 0.1) is 11.6 Å². The zero-order valence-corrected chi connectivity index (χ0v) is 30.3. The van der Waals surface area contributed by atoms with Crippen molar-refractivity contribution in [1.82, 2.24) is 29.4 Å². The first-order valence-corrected chi connectivity index (χ1v) is 17.5. The summed E-state index contributed by atoms with van der Waals surface area (Å²) < 4.78 is 51.2. The summed E-state index contributed by atoms with van der Waals surface area (Å²) in [5.41, 5.74) is 1.61. The molecule has 58 heavy (non-hydrogen) atoms. The second-order valence-corrected chi connectivity index (χ2v) is 12.1. The van der Waals surface area contributed by atoms with Crippen LogP contribution in [-0.4, -0.2) is 35.7 Å². The molecule has 8 rings (SSSR count). The molecule has 4 aromatic heterocycles. The Morgan fingerprint density at radius 1 is 0.586 bits per heavy atom. The number of carbonyl (C=O) groups is 1. The first kappa shape index (κ1) is 38.2. The van der Waals surface area contributed by atoms with Gasteiger partial charge in [0.25, 0.3) is 0 Å². The normalized spacial score (nSPS) is 10.7. The molecule has 4 aromatic carbocycles. The summed E-state index contributed by atoms with van der Waals surface area (Å²) in [7, 11) is 0. The predicted molar refractivity (Wildman–Crippen MR) is 208 cm³/mol. The van der Waals surface area contributed by atoms with Gasteiger partial charge in [-0.1, -0.05) is 66.7 Å². The number of nitrogens with zero attached hydrogens (tertiary/aromatic N) is 6. The maximum absolute atomic E-state index is 13.4. The Morgan fingerprint density at radius 3 is 1.40 bits per heavy atom. The lowest BCUT2D eigenvalue weighted by atomic mass is 10.0. The first-order valence-electron chi connectivity index (χ1n) is 17.5. The summed E-state index contributed by atoms with van der Waals surface area (Å²) in [5, 5.41) is 0. The number of rotatable bonds is 12. The summed E-state index contributed by atoms with van der Waals surface area (Å²) in [6.45, 7) is 3.76. The molecule has 0 aliphatic heterocycles. The van der Waals surface area contributed by atoms with Crippen LogP contribution in [0.1, 0.15) is 0 Å². The average Bonchev–Trinajstić information content (AvgIpc) is 3.74. The number of hydrogen-bond donors (Lipinski definition) is 0. The molecule has 0 unspecified atom stereocenters. The third-order valence-electron chi connectivity index (χ3n) is 8.22. The monoisotopic (exact) mass is 780 g/mol. The van der Waals surface area contributed by atoms with E-state index in [1.807, 2.05) is 36.4 Å². The third kappa shape index (κ3) is 8.74. The number of aldehydes is 1. The van der Waals surface area contributed by atoms with E-state index in [1.54, 1.807) is 42.5 Å². The molecule has 0 radical (unpaired) electrons. The van der Waals surface area contributed by atoms with Crippen molar-refractivity contribution in [1.29, 1.82) is 0 Å². The fourth-order valence-electron chi connectivity index (χ4n) is 5.75. The number of carbonyl (C=O) groups excluding carboxylic acids is 1. The van der Waals surface area contributed by atoms with Gasteiger partial charge >= 0.3 is 23.3 Å². The summed E-state index contributed by atoms with van der Waals surface area (Å²) >= 11 is 0. The van der Waals surface area contributed by atoms with E-state index in [1.165, 1.54) is 65.7 Å². The maximum Gasteiger partial charge on any atom is 0.366 e. The molecule has 0 spiro atoms. The van der Waals surface area contributed by atoms with Gasteiger partial charge in [0.2, 0.25) is 0 Å². The van der Waals surface area contributed by atoms with E-state index >= 15 is 0 Å². The molecule has 0 N–H and O–H groups in total. The molecule has 0 bridgehead atoms. The number of allylic oxidation sites excluding steroid dienone is 1. The Labute approximate surface area is 327 Å². The Balaban J connectivity index is 0.000000177. The summed E-state index contributed by atoms with van der Waals surface area (Å²) in [6.07, 6.45) is 5.20. The van der Waals surface area contributed by atoms with Gasteiger partial charge in [0.05, 0.1) is 29.1 Å². The van der Waals surface area contributed by atoms with Gasteiger partial charge in [-0.05, 0) is 71.8 Å². The van der Waals surface area contributed by atoms with Crippen LogP contribution in [0.3, 0.4) is 0 Å². The minimum Gasteiger partial charge on any atom is -0.424 e. The molecule has 4 heterocycles. The van der Waals surface area contributed by atoms with E-state index in [2.05, 4.69) is 26.5 Å². The molecule has 0 atom stereocenters. The highest BCUT2D eigenvalue weighted by molar-refractivity contribution is 5.80. The SMILES string of the molecule is C=CCn1oc(=O)c(-c2ccc(F)cc2)c1-c1ccnc(Oc2ccccc2)n1.O=CCn1oc(=O)c(-c2ccc(F)cc2)c1-c1ccnc(Oc2ccccc2)n1. The summed E-state index contributed by atoms with van der Waals surface area (Å²) in [4.78, 5) is 53.2. The first-order chi connectivity index (χ1) is 28.3. The minimum atomic E-state index is -0.669. The van der Waals surface area contributed by atoms with E-state index in [4.69, 9.17) is 18.5 Å². The van der Waals surface area contributed by atoms with Crippen molar-refractivity contribution in [3.05, 3.63) is 179 Å². The van der Waals surface area contributed by atoms with Gasteiger partial charge < -0.3 is 23.3 Å². The van der Waals surface area contributed by atoms with Crippen LogP contribution in [-0.2, 0) is 17.9 Å². The second-order valence-electron chi connectivity index (χ2n) is 12.1. The zero-order valence-electron chi connectivity index (χ0n) is 30.3. The fraction of sp³-hybridized carbons (Fsp3) is 0.0465. The Kier molecular flexibility index (Phi) is 11.6. The predicted octanol–water partition coefficient (Wildman–Crippen LogP) is 8.38. The molecule has 0 aliphatic rings. The topological polar surface area (TPSA) is 157 Å². The third-order valence-corrected chi connectivity index (χ3v) is 8.22. The minimum absolute atomic E-state index is 0.0602. The van der Waals surface area contributed by atoms with Crippen LogP contribution in [0.4, 0.5) is 8.78 Å². The number of aromatic nitrogens is 6. The zero-order chi connectivity index (χ0) is 40.4. The van der Waals surface area contributed by atoms with Crippen LogP contribution < -0.4 is 20.7 Å². The summed E-state index contributed by atoms with van der Waals surface area (Å²) in [6, 6.07) is 32.5. The molecule has 0 saturated heterocycles. The van der Waals surface area contributed by atoms with Crippen molar-refractivity contribution in [2.75, 3.05) is 0 Å². The standard InChI is InChI=1S/C22H16FN3O3.C21H14FN3O4/c1-2-14-26-20(19(21(27)29-26)15-8-10-16(23)11-9-15)18-12-13-24-22(25-18)28-17-6-4-3-5-7-17;22-15-8-6-14(7-9-15)18-19(25(12-13-26)29-20(18)27)17-10-11-23-21(24-17)28-16-4-2-1-3-5-16/h2-13H,1,14H2;1-11,13H,12H2. The van der Waals surface area contributed by atoms with Gasteiger partial charge in [-0.25, -0.2) is 28.3 Å². The van der Waals surface area contributed by atoms with Crippen molar-refractivity contribution >= 4 is 6.29 Å². The Morgan fingerprint density at radius 2 is 1.00 bits per heavy atom. The molecule has 288 valence electrons. The highest BCUT2D eigenvalue weighted by atomic mass is 19.1. The van der Waals surface area contributed by atoms with Gasteiger partial charge in [0.1, 0.15) is 47.4 Å². The summed E-state index contributed by atoms with van der Waals surface area (Å²) in [5.74, 6) is 0.290. The number of halogens is 2. The average molecular weight is 781 g/mol. The van der Waals surface area contributed by atoms with E-state index in [0.29, 0.717) is 46.0 Å². The van der Waals surface area contributed by atoms with E-state index in [-0.39, 0.29) is 41.9 Å². The van der Waals surface area contributed by atoms with E-state index < -0.39 is 22.9 Å². The molecule has 13 nitrogen and oxygen atoms in total. The lowest BCUT2D eigenvalue weighted by Crippen LogP contribution is -2.02. The molecule has 0 saturated carbocycles. The molecular weight excluding hydrogens is 751 g/mol. The van der Waals surface area contributed by atoms with Crippen LogP contribution in [0.25, 0.3) is 45.0 Å². The highest BCUT2D eigenvalue weighted by Crippen LogP contribution is 2.32. The van der Waals surface area contributed by atoms with E-state index in [0.717, 1.165) is 4.74 Å². The largest absolute Gasteiger partial charge is 0.424 e. The van der Waals surface area contributed by atoms with Crippen LogP contribution in [0.2, 0.25) is 0 Å². The molecule has 0 aliphatic carbocycles. The van der Waals surface area contributed by atoms with Crippen molar-refractivity contribution in [3.63, 3.8) is 0 Å². The van der Waals surface area contributed by atoms with Gasteiger partial charge in [-0.15, -0.1) is 6.58 Å². The van der Waals surface area contributed by atoms with Crippen LogP contribution in [0.5, 0.6) is 23.5 Å². The Bertz CT molecular complexity index is 2590. The van der Waals surface area contributed by atoms with Crippen LogP contribution >= 0.6 is 0 Å². The van der Waals surface area contributed by atoms with Gasteiger partial charge in [0.15, 0.2) is 0 Å². The molecular formula is C43H30F2N6O7. The molecule has 15 heteroatoms. The van der Waals surface area contributed by atoms with Gasteiger partial charge in [0, 0.05) is 12.4 Å². The molecule has 0 fully saturated rings. The molecule has 8 aromatic rings. The van der Waals surface area contributed by atoms with Crippen molar-refractivity contribution in [2.45, 2.75) is 13.1 Å². The lowest BCUT2D eigenvalue weighted by molar-refractivity contribution is -0.109. The smallest absolute Gasteiger partial charge is 0.366 e. The number of hydrogen-bond acceptors (Lipinski definition) is 11. The Hall–Kier alpha value is -8.07. The van der Waals surface area contributed by atoms with E-state index in [9.17, 15) is 23.2 Å².